The molecule has 0 aliphatic rings. The van der Waals surface area contributed by atoms with Crippen molar-refractivity contribution in [2.45, 2.75) is 6.18 Å². The second-order valence-electron chi connectivity index (χ2n) is 2.58. The minimum Gasteiger partial charge on any atom is -0.335 e. The number of fused-ring (bicyclic) bond motifs is 1. The molecule has 0 spiro atoms. The van der Waals surface area contributed by atoms with Crippen LogP contribution < -0.4 is 0 Å². The predicted molar refractivity (Wildman–Crippen MR) is 39.9 cm³/mol. The van der Waals surface area contributed by atoms with Crippen molar-refractivity contribution in [3.05, 3.63) is 30.1 Å². The molecule has 0 aliphatic carbocycles. The number of nitrogens with zero attached hydrogens (tertiary/aromatic N) is 1. The average molecular weight is 185 g/mol. The van der Waals surface area contributed by atoms with E-state index in [1.54, 1.807) is 0 Å². The van der Waals surface area contributed by atoms with E-state index in [4.69, 9.17) is 0 Å². The molecular weight excluding hydrogens is 181 g/mol. The van der Waals surface area contributed by atoms with Crippen molar-refractivity contribution in [1.82, 2.24) is 9.97 Å². The first-order valence-corrected chi connectivity index (χ1v) is 3.50. The summed E-state index contributed by atoms with van der Waals surface area (Å²) in [4.78, 5) is 6.21. The third-order valence-electron chi connectivity index (χ3n) is 1.69. The fraction of sp³-hybridized carbons (Fsp3) is 0.125. The molecule has 2 aromatic rings. The third kappa shape index (κ3) is 1.37. The first kappa shape index (κ1) is 8.10. The number of aromatic nitrogens is 2. The Labute approximate surface area is 71.4 Å². The molecule has 67 valence electrons. The van der Waals surface area contributed by atoms with Crippen molar-refractivity contribution in [3.63, 3.8) is 0 Å². The zero-order valence-corrected chi connectivity index (χ0v) is 6.31. The van der Waals surface area contributed by atoms with Crippen molar-refractivity contribution >= 4 is 11.0 Å². The van der Waals surface area contributed by atoms with Gasteiger partial charge in [-0.25, -0.2) is 4.98 Å². The van der Waals surface area contributed by atoms with E-state index in [9.17, 15) is 13.2 Å². The van der Waals surface area contributed by atoms with Gasteiger partial charge in [0.15, 0.2) is 6.33 Å². The summed E-state index contributed by atoms with van der Waals surface area (Å²) in [7, 11) is 0. The largest absolute Gasteiger partial charge is 0.416 e. The van der Waals surface area contributed by atoms with Gasteiger partial charge in [-0.2, -0.15) is 13.2 Å². The monoisotopic (exact) mass is 185 g/mol. The van der Waals surface area contributed by atoms with Crippen LogP contribution in [-0.2, 0) is 6.18 Å². The van der Waals surface area contributed by atoms with Gasteiger partial charge in [-0.3, -0.25) is 0 Å². The summed E-state index contributed by atoms with van der Waals surface area (Å²) in [6, 6.07) is 3.33. The molecule has 13 heavy (non-hydrogen) atoms. The van der Waals surface area contributed by atoms with Gasteiger partial charge in [0.2, 0.25) is 0 Å². The Hall–Kier alpha value is -1.52. The van der Waals surface area contributed by atoms with Crippen LogP contribution in [0.3, 0.4) is 0 Å². The van der Waals surface area contributed by atoms with Gasteiger partial charge < -0.3 is 4.98 Å². The number of imidazole rings is 1. The quantitative estimate of drug-likeness (QED) is 0.670. The number of hydrogen-bond acceptors (Lipinski definition) is 1. The maximum atomic E-state index is 12.2. The van der Waals surface area contributed by atoms with E-state index in [-0.39, 0.29) is 5.52 Å². The Morgan fingerprint density at radius 2 is 2.08 bits per heavy atom. The van der Waals surface area contributed by atoms with E-state index in [0.29, 0.717) is 5.52 Å². The van der Waals surface area contributed by atoms with E-state index < -0.39 is 11.7 Å². The molecular formula is C8H4F3N2. The predicted octanol–water partition coefficient (Wildman–Crippen LogP) is 2.38. The minimum atomic E-state index is -4.31. The lowest BCUT2D eigenvalue weighted by Gasteiger charge is -2.04. The Bertz CT molecular complexity index is 430. The normalized spacial score (nSPS) is 12.2. The van der Waals surface area contributed by atoms with Gasteiger partial charge in [0.25, 0.3) is 0 Å². The number of rotatable bonds is 0. The maximum Gasteiger partial charge on any atom is 0.416 e. The van der Waals surface area contributed by atoms with Crippen LogP contribution in [-0.4, -0.2) is 9.97 Å². The summed E-state index contributed by atoms with van der Waals surface area (Å²) in [5.41, 5.74) is 0.128. The zero-order chi connectivity index (χ0) is 9.47. The third-order valence-corrected chi connectivity index (χ3v) is 1.69. The highest BCUT2D eigenvalue weighted by atomic mass is 19.4. The van der Waals surface area contributed by atoms with Crippen LogP contribution in [0.1, 0.15) is 5.56 Å². The summed E-state index contributed by atoms with van der Waals surface area (Å²) >= 11 is 0. The van der Waals surface area contributed by atoms with Crippen LogP contribution in [0.2, 0.25) is 0 Å². The number of alkyl halides is 3. The van der Waals surface area contributed by atoms with Crippen molar-refractivity contribution in [1.29, 1.82) is 0 Å². The molecule has 1 heterocycles. The molecule has 0 fully saturated rings. The molecule has 1 N–H and O–H groups in total. The number of benzene rings is 1. The molecule has 0 atom stereocenters. The molecule has 0 amide bonds. The van der Waals surface area contributed by atoms with Gasteiger partial charge in [-0.1, -0.05) is 0 Å². The fourth-order valence-corrected chi connectivity index (χ4v) is 1.05. The van der Waals surface area contributed by atoms with Gasteiger partial charge in [-0.05, 0) is 18.2 Å². The minimum absolute atomic E-state index is 0.273. The second kappa shape index (κ2) is 2.48. The van der Waals surface area contributed by atoms with Gasteiger partial charge in [0, 0.05) is 0 Å². The van der Waals surface area contributed by atoms with Gasteiger partial charge in [0.1, 0.15) is 0 Å². The Morgan fingerprint density at radius 1 is 1.31 bits per heavy atom. The van der Waals surface area contributed by atoms with Gasteiger partial charge in [0.05, 0.1) is 16.6 Å². The smallest absolute Gasteiger partial charge is 0.335 e. The molecule has 2 rings (SSSR count). The number of H-pyrrole nitrogens is 1. The van der Waals surface area contributed by atoms with E-state index in [0.717, 1.165) is 12.1 Å². The standard InChI is InChI=1S/C8H4F3N2/c9-8(10,11)5-1-2-6-7(3-5)13-4-12-6/h1-3H,(H,12,13). The first-order valence-electron chi connectivity index (χ1n) is 3.50. The zero-order valence-electron chi connectivity index (χ0n) is 6.31. The van der Waals surface area contributed by atoms with Gasteiger partial charge in [-0.15, -0.1) is 0 Å². The highest BCUT2D eigenvalue weighted by Gasteiger charge is 2.30. The number of halogens is 3. The van der Waals surface area contributed by atoms with Crippen molar-refractivity contribution in [2.24, 2.45) is 0 Å². The van der Waals surface area contributed by atoms with E-state index >= 15 is 0 Å². The summed E-state index contributed by atoms with van der Waals surface area (Å²) in [6.45, 7) is 0. The number of aromatic amines is 1. The van der Waals surface area contributed by atoms with Crippen molar-refractivity contribution < 1.29 is 13.2 Å². The van der Waals surface area contributed by atoms with Crippen molar-refractivity contribution in [3.8, 4) is 0 Å². The average Bonchev–Trinajstić information content (AvgIpc) is 2.47. The lowest BCUT2D eigenvalue weighted by atomic mass is 10.2. The fourth-order valence-electron chi connectivity index (χ4n) is 1.05. The lowest BCUT2D eigenvalue weighted by molar-refractivity contribution is -0.137. The molecule has 0 saturated heterocycles. The van der Waals surface area contributed by atoms with E-state index in [1.807, 2.05) is 0 Å². The molecule has 1 radical (unpaired) electrons. The van der Waals surface area contributed by atoms with Crippen LogP contribution in [0.15, 0.2) is 18.2 Å². The molecule has 0 bridgehead atoms. The van der Waals surface area contributed by atoms with E-state index in [1.165, 1.54) is 6.07 Å². The Balaban J connectivity index is 2.61. The van der Waals surface area contributed by atoms with Crippen LogP contribution >= 0.6 is 0 Å². The second-order valence-corrected chi connectivity index (χ2v) is 2.58. The van der Waals surface area contributed by atoms with Crippen molar-refractivity contribution in [2.75, 3.05) is 0 Å². The highest BCUT2D eigenvalue weighted by Crippen LogP contribution is 2.30. The summed E-state index contributed by atoms with van der Waals surface area (Å²) < 4.78 is 36.5. The number of hydrogen-bond donors (Lipinski definition) is 1. The molecule has 1 aromatic carbocycles. The molecule has 0 unspecified atom stereocenters. The number of nitrogens with one attached hydrogen (secondary N) is 1. The first-order chi connectivity index (χ1) is 6.07. The van der Waals surface area contributed by atoms with Gasteiger partial charge >= 0.3 is 6.18 Å². The lowest BCUT2D eigenvalue weighted by Crippen LogP contribution is -2.04. The van der Waals surface area contributed by atoms with Crippen LogP contribution in [0.25, 0.3) is 11.0 Å². The summed E-state index contributed by atoms with van der Waals surface area (Å²) in [5, 5.41) is 0. The molecule has 1 aromatic heterocycles. The molecule has 0 saturated carbocycles. The van der Waals surface area contributed by atoms with Crippen LogP contribution in [0, 0.1) is 6.33 Å². The maximum absolute atomic E-state index is 12.2. The summed E-state index contributed by atoms with van der Waals surface area (Å²) in [5.74, 6) is 0. The Morgan fingerprint density at radius 3 is 2.77 bits per heavy atom. The Kier molecular flexibility index (Phi) is 1.55. The van der Waals surface area contributed by atoms with E-state index in [2.05, 4.69) is 16.3 Å². The molecule has 0 aliphatic heterocycles. The molecule has 2 nitrogen and oxygen atoms in total. The molecule has 5 heteroatoms. The highest BCUT2D eigenvalue weighted by molar-refractivity contribution is 5.75. The van der Waals surface area contributed by atoms with Crippen LogP contribution in [0.4, 0.5) is 13.2 Å². The topological polar surface area (TPSA) is 28.7 Å². The van der Waals surface area contributed by atoms with Crippen LogP contribution in [0.5, 0.6) is 0 Å². The SMILES string of the molecule is FC(F)(F)c1ccc2[nH][c]nc2c1. The summed E-state index contributed by atoms with van der Waals surface area (Å²) in [6.07, 6.45) is -1.94.